The van der Waals surface area contributed by atoms with Crippen molar-refractivity contribution in [2.24, 2.45) is 5.73 Å². The Labute approximate surface area is 170 Å². The Balaban J connectivity index is 0.00000182. The number of amides is 2. The normalized spacial score (nSPS) is 13.2. The minimum Gasteiger partial charge on any atom is -0.376 e. The molecule has 3 rings (SSSR count). The van der Waals surface area contributed by atoms with Crippen molar-refractivity contribution in [1.29, 1.82) is 0 Å². The number of primary amides is 1. The number of aromatic nitrogens is 1. The Kier molecular flexibility index (Phi) is 8.84. The first-order valence-corrected chi connectivity index (χ1v) is 8.21. The Morgan fingerprint density at radius 3 is 2.30 bits per heavy atom. The summed E-state index contributed by atoms with van der Waals surface area (Å²) in [7, 11) is 0. The molecule has 1 aromatic carbocycles. The van der Waals surface area contributed by atoms with Crippen molar-refractivity contribution in [1.82, 2.24) is 9.88 Å². The standard InChI is InChI=1S/C18H21N5O2.2ClH/c19-17(25)15-7-4-8-20-18(15)23-11-9-22(10-12-23)16(24)13-21-14-5-2-1-3-6-14;;/h1-8,21H,9-13H2,(H2,19,25);2*1H. The van der Waals surface area contributed by atoms with Crippen molar-refractivity contribution in [3.05, 3.63) is 54.2 Å². The molecule has 0 unspecified atom stereocenters. The molecule has 27 heavy (non-hydrogen) atoms. The molecule has 1 aliphatic heterocycles. The number of rotatable bonds is 5. The van der Waals surface area contributed by atoms with Crippen LogP contribution in [0.5, 0.6) is 0 Å². The van der Waals surface area contributed by atoms with Crippen molar-refractivity contribution in [2.75, 3.05) is 42.9 Å². The third-order valence-electron chi connectivity index (χ3n) is 4.20. The van der Waals surface area contributed by atoms with Gasteiger partial charge in [0.1, 0.15) is 5.82 Å². The number of nitrogens with one attached hydrogen (secondary N) is 1. The number of hydrogen-bond donors (Lipinski definition) is 2. The van der Waals surface area contributed by atoms with Gasteiger partial charge in [-0.1, -0.05) is 18.2 Å². The van der Waals surface area contributed by atoms with E-state index in [2.05, 4.69) is 10.3 Å². The maximum Gasteiger partial charge on any atom is 0.252 e. The summed E-state index contributed by atoms with van der Waals surface area (Å²) < 4.78 is 0. The lowest BCUT2D eigenvalue weighted by molar-refractivity contribution is -0.129. The van der Waals surface area contributed by atoms with Crippen LogP contribution in [0.15, 0.2) is 48.7 Å². The van der Waals surface area contributed by atoms with Crippen LogP contribution in [0.3, 0.4) is 0 Å². The van der Waals surface area contributed by atoms with Crippen LogP contribution in [0.2, 0.25) is 0 Å². The number of para-hydroxylation sites is 1. The van der Waals surface area contributed by atoms with Gasteiger partial charge in [0.15, 0.2) is 0 Å². The molecule has 1 aromatic heterocycles. The summed E-state index contributed by atoms with van der Waals surface area (Å²) in [5, 5.41) is 3.13. The van der Waals surface area contributed by atoms with Crippen LogP contribution in [-0.4, -0.2) is 54.4 Å². The van der Waals surface area contributed by atoms with Crippen LogP contribution in [-0.2, 0) is 4.79 Å². The molecule has 1 aliphatic rings. The van der Waals surface area contributed by atoms with E-state index in [1.54, 1.807) is 18.3 Å². The first-order valence-electron chi connectivity index (χ1n) is 8.21. The van der Waals surface area contributed by atoms with Gasteiger partial charge in [0.25, 0.3) is 5.91 Å². The molecule has 0 saturated carbocycles. The second kappa shape index (κ2) is 10.6. The SMILES string of the molecule is Cl.Cl.NC(=O)c1cccnc1N1CCN(C(=O)CNc2ccccc2)CC1. The van der Waals surface area contributed by atoms with Gasteiger partial charge in [-0.25, -0.2) is 4.98 Å². The second-order valence-corrected chi connectivity index (χ2v) is 5.83. The number of nitrogens with two attached hydrogens (primary N) is 1. The van der Waals surface area contributed by atoms with Crippen molar-refractivity contribution in [3.63, 3.8) is 0 Å². The van der Waals surface area contributed by atoms with E-state index in [0.29, 0.717) is 37.6 Å². The van der Waals surface area contributed by atoms with Gasteiger partial charge in [0.05, 0.1) is 12.1 Å². The lowest BCUT2D eigenvalue weighted by Gasteiger charge is -2.36. The van der Waals surface area contributed by atoms with E-state index in [0.717, 1.165) is 5.69 Å². The van der Waals surface area contributed by atoms with Crippen molar-refractivity contribution >= 4 is 48.1 Å². The molecule has 146 valence electrons. The summed E-state index contributed by atoms with van der Waals surface area (Å²) in [5.74, 6) is 0.151. The monoisotopic (exact) mass is 411 g/mol. The van der Waals surface area contributed by atoms with Crippen LogP contribution >= 0.6 is 24.8 Å². The van der Waals surface area contributed by atoms with Crippen molar-refractivity contribution in [3.8, 4) is 0 Å². The van der Waals surface area contributed by atoms with Gasteiger partial charge in [-0.3, -0.25) is 9.59 Å². The summed E-state index contributed by atoms with van der Waals surface area (Å²) in [5.41, 5.74) is 6.75. The molecule has 0 radical (unpaired) electrons. The molecule has 1 saturated heterocycles. The smallest absolute Gasteiger partial charge is 0.252 e. The zero-order chi connectivity index (χ0) is 17.6. The maximum absolute atomic E-state index is 12.3. The van der Waals surface area contributed by atoms with E-state index in [1.807, 2.05) is 40.1 Å². The third-order valence-corrected chi connectivity index (χ3v) is 4.20. The predicted molar refractivity (Wildman–Crippen MR) is 111 cm³/mol. The Hall–Kier alpha value is -2.51. The number of benzene rings is 1. The number of halogens is 2. The summed E-state index contributed by atoms with van der Waals surface area (Å²) in [4.78, 5) is 32.0. The van der Waals surface area contributed by atoms with Gasteiger partial charge in [-0.2, -0.15) is 0 Å². The molecule has 2 aromatic rings. The van der Waals surface area contributed by atoms with E-state index in [1.165, 1.54) is 0 Å². The van der Waals surface area contributed by atoms with Gasteiger partial charge >= 0.3 is 0 Å². The quantitative estimate of drug-likeness (QED) is 0.782. The largest absolute Gasteiger partial charge is 0.376 e. The first-order chi connectivity index (χ1) is 12.1. The Morgan fingerprint density at radius 1 is 1.00 bits per heavy atom. The van der Waals surface area contributed by atoms with E-state index >= 15 is 0 Å². The summed E-state index contributed by atoms with van der Waals surface area (Å²) in [6.07, 6.45) is 1.64. The highest BCUT2D eigenvalue weighted by atomic mass is 35.5. The summed E-state index contributed by atoms with van der Waals surface area (Å²) in [6, 6.07) is 13.0. The molecule has 0 aliphatic carbocycles. The van der Waals surface area contributed by atoms with Gasteiger partial charge in [0.2, 0.25) is 5.91 Å². The molecular formula is C18H23Cl2N5O2. The topological polar surface area (TPSA) is 91.6 Å². The van der Waals surface area contributed by atoms with Gasteiger partial charge in [0, 0.05) is 38.1 Å². The van der Waals surface area contributed by atoms with Crippen LogP contribution in [0, 0.1) is 0 Å². The van der Waals surface area contributed by atoms with Gasteiger partial charge in [-0.05, 0) is 24.3 Å². The van der Waals surface area contributed by atoms with Crippen LogP contribution in [0.4, 0.5) is 11.5 Å². The highest BCUT2D eigenvalue weighted by Crippen LogP contribution is 2.18. The fourth-order valence-corrected chi connectivity index (χ4v) is 2.85. The number of carbonyl (C=O) groups is 2. The van der Waals surface area contributed by atoms with E-state index in [-0.39, 0.29) is 37.3 Å². The Bertz CT molecular complexity index is 752. The number of pyridine rings is 1. The molecule has 2 amide bonds. The van der Waals surface area contributed by atoms with Crippen LogP contribution < -0.4 is 16.0 Å². The van der Waals surface area contributed by atoms with Gasteiger partial charge < -0.3 is 20.9 Å². The van der Waals surface area contributed by atoms with Crippen LogP contribution in [0.1, 0.15) is 10.4 Å². The summed E-state index contributed by atoms with van der Waals surface area (Å²) >= 11 is 0. The second-order valence-electron chi connectivity index (χ2n) is 5.83. The number of piperazine rings is 1. The Morgan fingerprint density at radius 2 is 1.67 bits per heavy atom. The van der Waals surface area contributed by atoms with Gasteiger partial charge in [-0.15, -0.1) is 24.8 Å². The lowest BCUT2D eigenvalue weighted by Crippen LogP contribution is -2.50. The third kappa shape index (κ3) is 5.74. The molecule has 9 heteroatoms. The average molecular weight is 412 g/mol. The molecule has 1 fully saturated rings. The predicted octanol–water partition coefficient (Wildman–Crippen LogP) is 1.78. The lowest BCUT2D eigenvalue weighted by atomic mass is 10.2. The van der Waals surface area contributed by atoms with Crippen LogP contribution in [0.25, 0.3) is 0 Å². The summed E-state index contributed by atoms with van der Waals surface area (Å²) in [6.45, 7) is 2.68. The molecule has 2 heterocycles. The highest BCUT2D eigenvalue weighted by molar-refractivity contribution is 5.97. The van der Waals surface area contributed by atoms with E-state index < -0.39 is 5.91 Å². The average Bonchev–Trinajstić information content (AvgIpc) is 2.67. The maximum atomic E-state index is 12.3. The minimum absolute atomic E-state index is 0. The zero-order valence-corrected chi connectivity index (χ0v) is 16.3. The fraction of sp³-hybridized carbons (Fsp3) is 0.278. The molecule has 0 bridgehead atoms. The first kappa shape index (κ1) is 22.5. The molecule has 0 atom stereocenters. The molecule has 7 nitrogen and oxygen atoms in total. The fourth-order valence-electron chi connectivity index (χ4n) is 2.85. The number of carbonyl (C=O) groups excluding carboxylic acids is 2. The van der Waals surface area contributed by atoms with E-state index in [9.17, 15) is 9.59 Å². The van der Waals surface area contributed by atoms with E-state index in [4.69, 9.17) is 5.73 Å². The number of hydrogen-bond acceptors (Lipinski definition) is 5. The number of anilines is 2. The van der Waals surface area contributed by atoms with Crippen molar-refractivity contribution in [2.45, 2.75) is 0 Å². The zero-order valence-electron chi connectivity index (χ0n) is 14.7. The number of nitrogens with zero attached hydrogens (tertiary/aromatic N) is 3. The molecule has 0 spiro atoms. The van der Waals surface area contributed by atoms with Crippen molar-refractivity contribution < 1.29 is 9.59 Å². The molecule has 3 N–H and O–H groups in total. The minimum atomic E-state index is -0.492. The molecular weight excluding hydrogens is 389 g/mol. The highest BCUT2D eigenvalue weighted by Gasteiger charge is 2.24.